The van der Waals surface area contributed by atoms with Gasteiger partial charge >= 0.3 is 5.97 Å². The first-order valence-corrected chi connectivity index (χ1v) is 12.6. The van der Waals surface area contributed by atoms with Crippen LogP contribution in [-0.2, 0) is 23.9 Å². The predicted molar refractivity (Wildman–Crippen MR) is 128 cm³/mol. The Morgan fingerprint density at radius 2 is 2.00 bits per heavy atom. The van der Waals surface area contributed by atoms with Crippen LogP contribution in [0, 0.1) is 0 Å². The molecule has 0 N–H and O–H groups in total. The number of esters is 1. The molecule has 5 rings (SSSR count). The summed E-state index contributed by atoms with van der Waals surface area (Å²) in [5.74, 6) is -1.70. The highest BCUT2D eigenvalue weighted by Gasteiger charge is 2.62. The fraction of sp³-hybridized carbons (Fsp3) is 0.440. The van der Waals surface area contributed by atoms with E-state index >= 15 is 0 Å². The van der Waals surface area contributed by atoms with Gasteiger partial charge in [-0.1, -0.05) is 18.2 Å². The molecule has 0 saturated carbocycles. The Kier molecular flexibility index (Phi) is 6.33. The van der Waals surface area contributed by atoms with Gasteiger partial charge in [-0.3, -0.25) is 19.3 Å². The van der Waals surface area contributed by atoms with Gasteiger partial charge in [0, 0.05) is 37.9 Å². The number of hydrogen-bond donors (Lipinski definition) is 0. The second-order valence-electron chi connectivity index (χ2n) is 8.85. The number of nitrogens with zero attached hydrogens (tertiary/aromatic N) is 3. The zero-order chi connectivity index (χ0) is 24.6. The van der Waals surface area contributed by atoms with Crippen molar-refractivity contribution in [2.24, 2.45) is 0 Å². The lowest BCUT2D eigenvalue weighted by Gasteiger charge is -2.48. The third kappa shape index (κ3) is 3.81. The number of carbonyl (C=O) groups excluding carboxylic acids is 4. The maximum Gasteiger partial charge on any atom is 0.354 e. The number of rotatable bonds is 7. The van der Waals surface area contributed by atoms with E-state index in [1.165, 1.54) is 16.9 Å². The lowest BCUT2D eigenvalue weighted by Crippen LogP contribution is -2.69. The molecule has 2 unspecified atom stereocenters. The molecule has 2 saturated heterocycles. The minimum atomic E-state index is -1.64. The number of ether oxygens (including phenoxy) is 2. The van der Waals surface area contributed by atoms with Crippen LogP contribution in [0.5, 0.6) is 0 Å². The van der Waals surface area contributed by atoms with Crippen molar-refractivity contribution < 1.29 is 28.7 Å². The van der Waals surface area contributed by atoms with Crippen LogP contribution in [0.1, 0.15) is 47.0 Å². The number of likely N-dealkylation sites (tertiary alicyclic amines) is 1. The molecule has 2 aromatic rings. The molecule has 1 aromatic heterocycles. The van der Waals surface area contributed by atoms with E-state index in [1.807, 2.05) is 17.5 Å². The summed E-state index contributed by atoms with van der Waals surface area (Å²) in [4.78, 5) is 58.8. The Morgan fingerprint density at radius 1 is 1.17 bits per heavy atom. The summed E-state index contributed by atoms with van der Waals surface area (Å²) in [7, 11) is 1.50. The highest BCUT2D eigenvalue weighted by atomic mass is 32.1. The molecule has 1 aromatic carbocycles. The second kappa shape index (κ2) is 9.43. The van der Waals surface area contributed by atoms with Crippen LogP contribution in [0.2, 0.25) is 0 Å². The molecule has 2 fully saturated rings. The van der Waals surface area contributed by atoms with E-state index in [-0.39, 0.29) is 49.8 Å². The van der Waals surface area contributed by atoms with Crippen LogP contribution < -0.4 is 4.90 Å². The molecule has 3 amide bonds. The van der Waals surface area contributed by atoms with Crippen molar-refractivity contribution in [3.8, 4) is 0 Å². The SMILES string of the molecule is COCCN1C(=O)c2ccccc2N2C(=O)CCC12C(=O)OCC(=O)N1CCCC1c1cccs1. The molecule has 3 aliphatic heterocycles. The summed E-state index contributed by atoms with van der Waals surface area (Å²) in [5, 5.41) is 1.98. The van der Waals surface area contributed by atoms with Crippen molar-refractivity contribution in [2.45, 2.75) is 37.4 Å². The monoisotopic (exact) mass is 497 g/mol. The molecular formula is C25H27N3O6S. The molecule has 4 heterocycles. The number of amides is 3. The quantitative estimate of drug-likeness (QED) is 0.546. The van der Waals surface area contributed by atoms with Gasteiger partial charge in [0.2, 0.25) is 11.6 Å². The first-order valence-electron chi connectivity index (χ1n) is 11.7. The zero-order valence-electron chi connectivity index (χ0n) is 19.5. The van der Waals surface area contributed by atoms with Crippen LogP contribution in [-0.4, -0.2) is 72.6 Å². The normalized spacial score (nSPS) is 23.5. The minimum absolute atomic E-state index is 0.0229. The first kappa shape index (κ1) is 23.5. The van der Waals surface area contributed by atoms with Gasteiger partial charge in [-0.05, 0) is 36.4 Å². The standard InChI is InChI=1S/C25H27N3O6S/c1-33-14-13-27-23(31)17-6-2-3-7-18(17)28-21(29)10-11-25(27,28)24(32)34-16-22(30)26-12-4-8-19(26)20-9-5-15-35-20/h2-3,5-7,9,15,19H,4,8,10-14,16H2,1H3. The Morgan fingerprint density at radius 3 is 2.77 bits per heavy atom. The molecule has 0 spiro atoms. The van der Waals surface area contributed by atoms with Crippen molar-refractivity contribution in [3.63, 3.8) is 0 Å². The van der Waals surface area contributed by atoms with Crippen molar-refractivity contribution in [2.75, 3.05) is 38.3 Å². The summed E-state index contributed by atoms with van der Waals surface area (Å²) in [6, 6.07) is 10.7. The predicted octanol–water partition coefficient (Wildman–Crippen LogP) is 2.58. The lowest BCUT2D eigenvalue weighted by molar-refractivity contribution is -0.162. The van der Waals surface area contributed by atoms with Gasteiger partial charge in [0.25, 0.3) is 11.8 Å². The molecule has 0 bridgehead atoms. The third-order valence-electron chi connectivity index (χ3n) is 6.99. The summed E-state index contributed by atoms with van der Waals surface area (Å²) in [5.41, 5.74) is -0.914. The highest BCUT2D eigenvalue weighted by Crippen LogP contribution is 2.45. The largest absolute Gasteiger partial charge is 0.452 e. The number of fused-ring (bicyclic) bond motifs is 3. The molecule has 0 aliphatic carbocycles. The molecule has 9 nitrogen and oxygen atoms in total. The Bertz CT molecular complexity index is 1150. The number of methoxy groups -OCH3 is 1. The van der Waals surface area contributed by atoms with E-state index in [2.05, 4.69) is 0 Å². The van der Waals surface area contributed by atoms with Crippen molar-refractivity contribution in [1.29, 1.82) is 0 Å². The summed E-state index contributed by atoms with van der Waals surface area (Å²) in [6.45, 7) is 0.433. The zero-order valence-corrected chi connectivity index (χ0v) is 20.3. The number of benzene rings is 1. The van der Waals surface area contributed by atoms with Gasteiger partial charge in [-0.2, -0.15) is 0 Å². The van der Waals surface area contributed by atoms with Crippen LogP contribution in [0.15, 0.2) is 41.8 Å². The number of carbonyl (C=O) groups is 4. The van der Waals surface area contributed by atoms with Crippen molar-refractivity contribution >= 4 is 40.7 Å². The fourth-order valence-corrected chi connectivity index (χ4v) is 6.28. The van der Waals surface area contributed by atoms with Crippen molar-refractivity contribution in [3.05, 3.63) is 52.2 Å². The Balaban J connectivity index is 1.41. The van der Waals surface area contributed by atoms with E-state index < -0.39 is 18.2 Å². The third-order valence-corrected chi connectivity index (χ3v) is 7.96. The average Bonchev–Trinajstić information content (AvgIpc) is 3.62. The topological polar surface area (TPSA) is 96.5 Å². The van der Waals surface area contributed by atoms with Gasteiger partial charge < -0.3 is 19.3 Å². The maximum atomic E-state index is 13.7. The van der Waals surface area contributed by atoms with Gasteiger partial charge in [-0.25, -0.2) is 4.79 Å². The fourth-order valence-electron chi connectivity index (χ4n) is 5.40. The van der Waals surface area contributed by atoms with E-state index in [0.29, 0.717) is 17.8 Å². The highest BCUT2D eigenvalue weighted by molar-refractivity contribution is 7.10. The number of para-hydroxylation sites is 1. The van der Waals surface area contributed by atoms with E-state index in [9.17, 15) is 19.2 Å². The molecule has 3 aliphatic rings. The Labute approximate surface area is 207 Å². The number of anilines is 1. The number of thiophene rings is 1. The van der Waals surface area contributed by atoms with Gasteiger partial charge in [-0.15, -0.1) is 11.3 Å². The second-order valence-corrected chi connectivity index (χ2v) is 9.83. The average molecular weight is 498 g/mol. The number of hydrogen-bond acceptors (Lipinski definition) is 7. The molecule has 35 heavy (non-hydrogen) atoms. The molecule has 0 radical (unpaired) electrons. The van der Waals surface area contributed by atoms with Crippen LogP contribution >= 0.6 is 11.3 Å². The minimum Gasteiger partial charge on any atom is -0.452 e. The summed E-state index contributed by atoms with van der Waals surface area (Å²) >= 11 is 1.60. The van der Waals surface area contributed by atoms with E-state index in [4.69, 9.17) is 9.47 Å². The molecule has 10 heteroatoms. The first-order chi connectivity index (χ1) is 17.0. The van der Waals surface area contributed by atoms with Gasteiger partial charge in [0.15, 0.2) is 6.61 Å². The van der Waals surface area contributed by atoms with E-state index in [1.54, 1.807) is 40.5 Å². The molecule has 2 atom stereocenters. The van der Waals surface area contributed by atoms with Crippen LogP contribution in [0.3, 0.4) is 0 Å². The lowest BCUT2D eigenvalue weighted by atomic mass is 9.96. The summed E-state index contributed by atoms with van der Waals surface area (Å²) < 4.78 is 10.8. The summed E-state index contributed by atoms with van der Waals surface area (Å²) in [6.07, 6.45) is 1.91. The Hall–Kier alpha value is -3.24. The van der Waals surface area contributed by atoms with Gasteiger partial charge in [0.05, 0.1) is 23.9 Å². The van der Waals surface area contributed by atoms with E-state index in [0.717, 1.165) is 17.7 Å². The molecule has 184 valence electrons. The maximum absolute atomic E-state index is 13.7. The molecular weight excluding hydrogens is 470 g/mol. The van der Waals surface area contributed by atoms with Gasteiger partial charge in [0.1, 0.15) is 0 Å². The van der Waals surface area contributed by atoms with Crippen molar-refractivity contribution in [1.82, 2.24) is 9.80 Å². The smallest absolute Gasteiger partial charge is 0.354 e. The van der Waals surface area contributed by atoms with Crippen LogP contribution in [0.25, 0.3) is 0 Å². The van der Waals surface area contributed by atoms with Crippen LogP contribution in [0.4, 0.5) is 5.69 Å².